The molecule has 1 aromatic carbocycles. The van der Waals surface area contributed by atoms with Gasteiger partial charge in [0, 0.05) is 44.7 Å². The van der Waals surface area contributed by atoms with Crippen molar-refractivity contribution in [2.24, 2.45) is 11.8 Å². The normalized spacial score (nSPS) is 26.2. The number of sulfonamides is 1. The Labute approximate surface area is 185 Å². The van der Waals surface area contributed by atoms with Gasteiger partial charge in [-0.05, 0) is 61.8 Å². The molecule has 2 atom stereocenters. The van der Waals surface area contributed by atoms with Gasteiger partial charge in [0.15, 0.2) is 0 Å². The lowest BCUT2D eigenvalue weighted by Crippen LogP contribution is -2.43. The lowest BCUT2D eigenvalue weighted by atomic mass is 9.83. The van der Waals surface area contributed by atoms with Crippen molar-refractivity contribution in [1.29, 1.82) is 0 Å². The minimum absolute atomic E-state index is 0.192. The number of carbonyl (C=O) groups excluding carboxylic acids is 2. The average molecular weight is 448 g/mol. The van der Waals surface area contributed by atoms with Crippen molar-refractivity contribution in [3.63, 3.8) is 0 Å². The third-order valence-corrected chi connectivity index (χ3v) is 9.06. The number of likely N-dealkylation sites (tertiary alicyclic amines) is 1. The minimum Gasteiger partial charge on any atom is -0.340 e. The van der Waals surface area contributed by atoms with E-state index in [4.69, 9.17) is 0 Å². The fraction of sp³-hybridized carbons (Fsp3) is 0.652. The van der Waals surface area contributed by atoms with E-state index in [0.717, 1.165) is 32.2 Å². The Morgan fingerprint density at radius 3 is 2.32 bits per heavy atom. The molecule has 0 spiro atoms. The molecule has 0 bridgehead atoms. The number of carbonyl (C=O) groups is 2. The molecule has 3 aliphatic rings. The second-order valence-electron chi connectivity index (χ2n) is 9.25. The average Bonchev–Trinajstić information content (AvgIpc) is 2.92. The number of rotatable bonds is 4. The number of benzene rings is 1. The van der Waals surface area contributed by atoms with Gasteiger partial charge in [-0.25, -0.2) is 8.42 Å². The van der Waals surface area contributed by atoms with Crippen molar-refractivity contribution in [2.45, 2.75) is 69.2 Å². The molecule has 1 aromatic rings. The topological polar surface area (TPSA) is 86.8 Å². The first-order valence-electron chi connectivity index (χ1n) is 11.5. The zero-order valence-electron chi connectivity index (χ0n) is 18.3. The summed E-state index contributed by atoms with van der Waals surface area (Å²) < 4.78 is 28.0. The van der Waals surface area contributed by atoms with Crippen molar-refractivity contribution in [3.8, 4) is 0 Å². The van der Waals surface area contributed by atoms with Crippen LogP contribution in [0.4, 0.5) is 5.69 Å². The van der Waals surface area contributed by atoms with Crippen molar-refractivity contribution < 1.29 is 18.0 Å². The SMILES string of the molecule is CC(=O)Nc1ccc(S(=O)(=O)N2CCC3CC(=O)N(C4CCCCC4)CCC3C2)cc1. The summed E-state index contributed by atoms with van der Waals surface area (Å²) in [7, 11) is -3.60. The van der Waals surface area contributed by atoms with Crippen LogP contribution in [0.25, 0.3) is 0 Å². The third-order valence-electron chi connectivity index (χ3n) is 7.18. The predicted molar refractivity (Wildman–Crippen MR) is 119 cm³/mol. The van der Waals surface area contributed by atoms with Crippen LogP contribution in [-0.4, -0.2) is 55.1 Å². The zero-order valence-corrected chi connectivity index (χ0v) is 19.1. The molecule has 3 fully saturated rings. The Hall–Kier alpha value is -1.93. The zero-order chi connectivity index (χ0) is 22.0. The van der Waals surface area contributed by atoms with Gasteiger partial charge in [0.25, 0.3) is 0 Å². The molecule has 31 heavy (non-hydrogen) atoms. The van der Waals surface area contributed by atoms with Crippen LogP contribution in [0.3, 0.4) is 0 Å². The van der Waals surface area contributed by atoms with E-state index in [-0.39, 0.29) is 28.5 Å². The van der Waals surface area contributed by atoms with Gasteiger partial charge >= 0.3 is 0 Å². The van der Waals surface area contributed by atoms with Crippen LogP contribution in [0, 0.1) is 11.8 Å². The molecule has 8 heteroatoms. The fourth-order valence-corrected chi connectivity index (χ4v) is 6.99. The highest BCUT2D eigenvalue weighted by Gasteiger charge is 2.40. The van der Waals surface area contributed by atoms with Crippen molar-refractivity contribution in [1.82, 2.24) is 9.21 Å². The molecule has 2 saturated heterocycles. The molecule has 0 radical (unpaired) electrons. The van der Waals surface area contributed by atoms with E-state index in [2.05, 4.69) is 10.2 Å². The van der Waals surface area contributed by atoms with Gasteiger partial charge in [0.05, 0.1) is 4.90 Å². The summed E-state index contributed by atoms with van der Waals surface area (Å²) in [5.74, 6) is 0.571. The number of hydrogen-bond donors (Lipinski definition) is 1. The molecular formula is C23H33N3O4S. The second kappa shape index (κ2) is 9.28. The molecule has 0 aromatic heterocycles. The number of anilines is 1. The maximum atomic E-state index is 13.2. The highest BCUT2D eigenvalue weighted by Crippen LogP contribution is 2.36. The molecule has 2 heterocycles. The predicted octanol–water partition coefficient (Wildman–Crippen LogP) is 3.23. The molecule has 7 nitrogen and oxygen atoms in total. The van der Waals surface area contributed by atoms with E-state index in [9.17, 15) is 18.0 Å². The van der Waals surface area contributed by atoms with Gasteiger partial charge in [0.1, 0.15) is 0 Å². The van der Waals surface area contributed by atoms with Crippen LogP contribution in [0.5, 0.6) is 0 Å². The largest absolute Gasteiger partial charge is 0.340 e. The standard InChI is InChI=1S/C23H33N3O4S/c1-17(27)24-20-7-9-22(10-8-20)31(29,30)25-13-11-18-15-23(28)26(14-12-19(18)16-25)21-5-3-2-4-6-21/h7-10,18-19,21H,2-6,11-16H2,1H3,(H,24,27). The highest BCUT2D eigenvalue weighted by molar-refractivity contribution is 7.89. The van der Waals surface area contributed by atoms with Crippen LogP contribution in [-0.2, 0) is 19.6 Å². The van der Waals surface area contributed by atoms with E-state index < -0.39 is 10.0 Å². The van der Waals surface area contributed by atoms with E-state index in [1.807, 2.05) is 0 Å². The summed E-state index contributed by atoms with van der Waals surface area (Å²) in [5.41, 5.74) is 0.579. The lowest BCUT2D eigenvalue weighted by Gasteiger charge is -2.36. The number of nitrogens with zero attached hydrogens (tertiary/aromatic N) is 2. The molecule has 4 rings (SSSR count). The summed E-state index contributed by atoms with van der Waals surface area (Å²) in [6, 6.07) is 6.71. The molecule has 2 unspecified atom stereocenters. The Morgan fingerprint density at radius 1 is 0.968 bits per heavy atom. The Kier molecular flexibility index (Phi) is 6.67. The quantitative estimate of drug-likeness (QED) is 0.768. The molecule has 2 aliphatic heterocycles. The van der Waals surface area contributed by atoms with Crippen LogP contribution in [0.2, 0.25) is 0 Å². The van der Waals surface area contributed by atoms with Crippen LogP contribution < -0.4 is 5.32 Å². The van der Waals surface area contributed by atoms with Gasteiger partial charge < -0.3 is 10.2 Å². The second-order valence-corrected chi connectivity index (χ2v) is 11.2. The van der Waals surface area contributed by atoms with Crippen LogP contribution in [0.1, 0.15) is 58.3 Å². The summed E-state index contributed by atoms with van der Waals surface area (Å²) in [4.78, 5) is 26.5. The maximum Gasteiger partial charge on any atom is 0.243 e. The Bertz CT molecular complexity index is 909. The summed E-state index contributed by atoms with van der Waals surface area (Å²) in [6.45, 7) is 3.10. The Balaban J connectivity index is 1.43. The van der Waals surface area contributed by atoms with Crippen molar-refractivity contribution >= 4 is 27.5 Å². The summed E-state index contributed by atoms with van der Waals surface area (Å²) >= 11 is 0. The van der Waals surface area contributed by atoms with Crippen LogP contribution in [0.15, 0.2) is 29.2 Å². The summed E-state index contributed by atoms with van der Waals surface area (Å²) in [6.07, 6.45) is 8.05. The highest BCUT2D eigenvalue weighted by atomic mass is 32.2. The molecule has 170 valence electrons. The maximum absolute atomic E-state index is 13.2. The van der Waals surface area contributed by atoms with Gasteiger partial charge in [-0.15, -0.1) is 0 Å². The van der Waals surface area contributed by atoms with Crippen molar-refractivity contribution in [2.75, 3.05) is 25.0 Å². The van der Waals surface area contributed by atoms with Crippen molar-refractivity contribution in [3.05, 3.63) is 24.3 Å². The number of fused-ring (bicyclic) bond motifs is 1. The molecular weight excluding hydrogens is 414 g/mol. The first-order chi connectivity index (χ1) is 14.8. The van der Waals surface area contributed by atoms with E-state index in [1.165, 1.54) is 26.2 Å². The monoisotopic (exact) mass is 447 g/mol. The van der Waals surface area contributed by atoms with Gasteiger partial charge in [-0.2, -0.15) is 4.31 Å². The number of piperidine rings is 1. The minimum atomic E-state index is -3.60. The summed E-state index contributed by atoms with van der Waals surface area (Å²) in [5, 5.41) is 2.66. The first-order valence-corrected chi connectivity index (χ1v) is 13.0. The smallest absolute Gasteiger partial charge is 0.243 e. The van der Waals surface area contributed by atoms with Gasteiger partial charge in [-0.1, -0.05) is 19.3 Å². The van der Waals surface area contributed by atoms with Gasteiger partial charge in [-0.3, -0.25) is 9.59 Å². The molecule has 1 aliphatic carbocycles. The molecule has 1 saturated carbocycles. The molecule has 1 N–H and O–H groups in total. The number of hydrogen-bond acceptors (Lipinski definition) is 4. The lowest BCUT2D eigenvalue weighted by molar-refractivity contribution is -0.134. The number of amides is 2. The van der Waals surface area contributed by atoms with Gasteiger partial charge in [0.2, 0.25) is 21.8 Å². The van der Waals surface area contributed by atoms with E-state index in [1.54, 1.807) is 28.6 Å². The third kappa shape index (κ3) is 4.95. The fourth-order valence-electron chi connectivity index (χ4n) is 5.47. The number of nitrogens with one attached hydrogen (secondary N) is 1. The van der Waals surface area contributed by atoms with E-state index >= 15 is 0 Å². The Morgan fingerprint density at radius 2 is 1.65 bits per heavy atom. The first kappa shape index (κ1) is 22.3. The van der Waals surface area contributed by atoms with Crippen LogP contribution >= 0.6 is 0 Å². The van der Waals surface area contributed by atoms with E-state index in [0.29, 0.717) is 31.2 Å². The molecule has 2 amide bonds.